The lowest BCUT2D eigenvalue weighted by Gasteiger charge is -2.18. The average molecular weight is 663 g/mol. The van der Waals surface area contributed by atoms with Gasteiger partial charge in [-0.25, -0.2) is 0 Å². The fourth-order valence-electron chi connectivity index (χ4n) is 5.41. The minimum Gasteiger partial charge on any atom is -0.462 e. The van der Waals surface area contributed by atoms with Crippen molar-refractivity contribution in [2.45, 2.75) is 207 Å². The van der Waals surface area contributed by atoms with Crippen LogP contribution >= 0.6 is 0 Å². The van der Waals surface area contributed by atoms with E-state index in [1.165, 1.54) is 83.5 Å². The molecule has 0 aromatic heterocycles. The molecule has 0 aliphatic carbocycles. The fourth-order valence-corrected chi connectivity index (χ4v) is 5.41. The Balaban J connectivity index is 4.28. The van der Waals surface area contributed by atoms with Gasteiger partial charge >= 0.3 is 17.9 Å². The Hall–Kier alpha value is -2.11. The molecule has 0 aromatic carbocycles. The third-order valence-corrected chi connectivity index (χ3v) is 8.46. The van der Waals surface area contributed by atoms with Gasteiger partial charge in [-0.15, -0.1) is 0 Å². The van der Waals surface area contributed by atoms with Crippen molar-refractivity contribution in [1.82, 2.24) is 0 Å². The van der Waals surface area contributed by atoms with E-state index >= 15 is 0 Å². The van der Waals surface area contributed by atoms with Gasteiger partial charge in [-0.3, -0.25) is 14.4 Å². The number of esters is 3. The van der Waals surface area contributed by atoms with Crippen LogP contribution in [0.3, 0.4) is 0 Å². The molecule has 6 heteroatoms. The molecule has 6 nitrogen and oxygen atoms in total. The van der Waals surface area contributed by atoms with E-state index < -0.39 is 6.10 Å². The molecular formula is C41H74O6. The minimum absolute atomic E-state index is 0.0743. The number of unbranched alkanes of at least 4 members (excludes halogenated alkanes) is 20. The Kier molecular flexibility index (Phi) is 35.1. The highest BCUT2D eigenvalue weighted by Gasteiger charge is 2.19. The summed E-state index contributed by atoms with van der Waals surface area (Å²) in [6.07, 6.45) is 37.5. The van der Waals surface area contributed by atoms with Crippen molar-refractivity contribution in [2.24, 2.45) is 0 Å². The van der Waals surface area contributed by atoms with Gasteiger partial charge in [0, 0.05) is 19.3 Å². The Morgan fingerprint density at radius 2 is 0.766 bits per heavy atom. The molecule has 0 heterocycles. The summed E-state index contributed by atoms with van der Waals surface area (Å²) >= 11 is 0. The van der Waals surface area contributed by atoms with Gasteiger partial charge in [-0.2, -0.15) is 0 Å². The Labute approximate surface area is 290 Å². The second-order valence-electron chi connectivity index (χ2n) is 13.2. The molecule has 47 heavy (non-hydrogen) atoms. The molecule has 274 valence electrons. The lowest BCUT2D eigenvalue weighted by Crippen LogP contribution is -2.30. The molecule has 0 amide bonds. The highest BCUT2D eigenvalue weighted by molar-refractivity contribution is 5.71. The van der Waals surface area contributed by atoms with E-state index in [4.69, 9.17) is 14.2 Å². The summed E-state index contributed by atoms with van der Waals surface area (Å²) in [7, 11) is 0. The number of ether oxygens (including phenoxy) is 3. The van der Waals surface area contributed by atoms with Gasteiger partial charge in [0.2, 0.25) is 0 Å². The van der Waals surface area contributed by atoms with E-state index in [9.17, 15) is 14.4 Å². The van der Waals surface area contributed by atoms with E-state index in [1.807, 2.05) is 0 Å². The molecule has 1 unspecified atom stereocenters. The second kappa shape index (κ2) is 36.7. The van der Waals surface area contributed by atoms with Crippen LogP contribution in [0.1, 0.15) is 201 Å². The highest BCUT2D eigenvalue weighted by Crippen LogP contribution is 2.13. The average Bonchev–Trinajstić information content (AvgIpc) is 3.06. The van der Waals surface area contributed by atoms with Crippen LogP contribution in [-0.2, 0) is 28.6 Å². The molecular weight excluding hydrogens is 588 g/mol. The van der Waals surface area contributed by atoms with Crippen molar-refractivity contribution in [3.63, 3.8) is 0 Å². The molecule has 0 saturated carbocycles. The van der Waals surface area contributed by atoms with Gasteiger partial charge in [-0.05, 0) is 51.4 Å². The van der Waals surface area contributed by atoms with Crippen molar-refractivity contribution >= 4 is 17.9 Å². The summed E-state index contributed by atoms with van der Waals surface area (Å²) in [6, 6.07) is 0. The van der Waals surface area contributed by atoms with E-state index in [0.717, 1.165) is 77.0 Å². The van der Waals surface area contributed by atoms with E-state index in [-0.39, 0.29) is 31.1 Å². The monoisotopic (exact) mass is 663 g/mol. The SMILES string of the molecule is CCCCC/C=C\C/C=C\CCCCCCCC(=O)OCC(COC(=O)CCCCCCCCC)OC(=O)CCCCCCCCC. The first-order valence-electron chi connectivity index (χ1n) is 19.8. The van der Waals surface area contributed by atoms with Gasteiger partial charge in [0.25, 0.3) is 0 Å². The number of carbonyl (C=O) groups is 3. The summed E-state index contributed by atoms with van der Waals surface area (Å²) in [6.45, 7) is 6.49. The van der Waals surface area contributed by atoms with Crippen LogP contribution in [0.25, 0.3) is 0 Å². The van der Waals surface area contributed by atoms with Crippen molar-refractivity contribution < 1.29 is 28.6 Å². The largest absolute Gasteiger partial charge is 0.462 e. The van der Waals surface area contributed by atoms with Crippen molar-refractivity contribution in [1.29, 1.82) is 0 Å². The molecule has 0 radical (unpaired) electrons. The first-order chi connectivity index (χ1) is 23.0. The van der Waals surface area contributed by atoms with Crippen LogP contribution in [0.15, 0.2) is 24.3 Å². The predicted octanol–water partition coefficient (Wildman–Crippen LogP) is 12.1. The molecule has 0 aliphatic heterocycles. The number of hydrogen-bond donors (Lipinski definition) is 0. The van der Waals surface area contributed by atoms with Crippen molar-refractivity contribution in [2.75, 3.05) is 13.2 Å². The zero-order valence-electron chi connectivity index (χ0n) is 31.0. The van der Waals surface area contributed by atoms with Crippen LogP contribution in [0.5, 0.6) is 0 Å². The zero-order valence-corrected chi connectivity index (χ0v) is 31.0. The fraction of sp³-hybridized carbons (Fsp3) is 0.829. The van der Waals surface area contributed by atoms with Crippen molar-refractivity contribution in [3.8, 4) is 0 Å². The number of rotatable bonds is 35. The lowest BCUT2D eigenvalue weighted by molar-refractivity contribution is -0.167. The third kappa shape index (κ3) is 35.0. The Morgan fingerprint density at radius 1 is 0.426 bits per heavy atom. The van der Waals surface area contributed by atoms with Crippen LogP contribution in [-0.4, -0.2) is 37.2 Å². The summed E-state index contributed by atoms with van der Waals surface area (Å²) in [5.41, 5.74) is 0. The normalized spacial score (nSPS) is 12.1. The molecule has 0 aromatic rings. The summed E-state index contributed by atoms with van der Waals surface area (Å²) in [4.78, 5) is 37.2. The van der Waals surface area contributed by atoms with Crippen LogP contribution in [0.4, 0.5) is 0 Å². The molecule has 1 atom stereocenters. The number of hydrogen-bond acceptors (Lipinski definition) is 6. The quantitative estimate of drug-likeness (QED) is 0.0291. The standard InChI is InChI=1S/C41H74O6/c1-4-7-10-13-16-17-18-19-20-21-22-23-26-28-31-34-40(43)46-37-38(47-41(44)35-32-29-25-15-12-9-6-3)36-45-39(42)33-30-27-24-14-11-8-5-2/h16-17,19-20,38H,4-15,18,21-37H2,1-3H3/b17-16-,20-19-. The number of carbonyl (C=O) groups excluding carboxylic acids is 3. The summed E-state index contributed by atoms with van der Waals surface area (Å²) < 4.78 is 16.5. The molecule has 0 bridgehead atoms. The molecule has 0 spiro atoms. The van der Waals surface area contributed by atoms with E-state index in [1.54, 1.807) is 0 Å². The lowest BCUT2D eigenvalue weighted by atomic mass is 10.1. The van der Waals surface area contributed by atoms with Crippen LogP contribution in [0.2, 0.25) is 0 Å². The Morgan fingerprint density at radius 3 is 1.21 bits per heavy atom. The maximum Gasteiger partial charge on any atom is 0.306 e. The molecule has 0 rings (SSSR count). The van der Waals surface area contributed by atoms with Crippen LogP contribution in [0, 0.1) is 0 Å². The first-order valence-corrected chi connectivity index (χ1v) is 19.8. The summed E-state index contributed by atoms with van der Waals surface area (Å²) in [5, 5.41) is 0. The van der Waals surface area contributed by atoms with Gasteiger partial charge in [0.1, 0.15) is 13.2 Å². The molecule has 0 saturated heterocycles. The maximum absolute atomic E-state index is 12.5. The smallest absolute Gasteiger partial charge is 0.306 e. The highest BCUT2D eigenvalue weighted by atomic mass is 16.6. The second-order valence-corrected chi connectivity index (χ2v) is 13.2. The van der Waals surface area contributed by atoms with Gasteiger partial charge in [0.15, 0.2) is 6.10 Å². The molecule has 0 aliphatic rings. The van der Waals surface area contributed by atoms with E-state index in [2.05, 4.69) is 45.1 Å². The van der Waals surface area contributed by atoms with Gasteiger partial charge < -0.3 is 14.2 Å². The summed E-state index contributed by atoms with van der Waals surface area (Å²) in [5.74, 6) is -0.905. The molecule has 0 fully saturated rings. The van der Waals surface area contributed by atoms with E-state index in [0.29, 0.717) is 19.3 Å². The first kappa shape index (κ1) is 44.9. The predicted molar refractivity (Wildman–Crippen MR) is 196 cm³/mol. The van der Waals surface area contributed by atoms with Gasteiger partial charge in [-0.1, -0.05) is 154 Å². The minimum atomic E-state index is -0.765. The maximum atomic E-state index is 12.5. The molecule has 0 N–H and O–H groups in total. The Bertz CT molecular complexity index is 774. The zero-order chi connectivity index (χ0) is 34.5. The number of allylic oxidation sites excluding steroid dienone is 4. The van der Waals surface area contributed by atoms with Crippen LogP contribution < -0.4 is 0 Å². The van der Waals surface area contributed by atoms with Gasteiger partial charge in [0.05, 0.1) is 0 Å². The topological polar surface area (TPSA) is 78.9 Å². The van der Waals surface area contributed by atoms with Crippen molar-refractivity contribution in [3.05, 3.63) is 24.3 Å². The third-order valence-electron chi connectivity index (χ3n) is 8.46.